The number of aromatic nitrogens is 5. The molecule has 0 atom stereocenters. The van der Waals surface area contributed by atoms with Crippen molar-refractivity contribution in [1.29, 1.82) is 0 Å². The Morgan fingerprint density at radius 2 is 1.91 bits per heavy atom. The third-order valence-corrected chi connectivity index (χ3v) is 5.19. The second-order valence-electron chi connectivity index (χ2n) is 7.22. The standard InChI is InChI=1S/C21H19ClN6O4/c1-27-19-15(20(30)28(2)21(27)31)10-14(11-23-19)24-16(29)4-3-5-17-25-18(26-32-17)12-6-8-13(22)9-7-12/h6-11H,3-5H2,1-2H3,(H,24,29). The van der Waals surface area contributed by atoms with Gasteiger partial charge in [0.1, 0.15) is 5.65 Å². The molecule has 0 fully saturated rings. The summed E-state index contributed by atoms with van der Waals surface area (Å²) in [7, 11) is 2.93. The predicted molar refractivity (Wildman–Crippen MR) is 119 cm³/mol. The monoisotopic (exact) mass is 454 g/mol. The summed E-state index contributed by atoms with van der Waals surface area (Å²) in [4.78, 5) is 45.1. The second-order valence-corrected chi connectivity index (χ2v) is 7.66. The lowest BCUT2D eigenvalue weighted by atomic mass is 10.2. The van der Waals surface area contributed by atoms with E-state index in [0.29, 0.717) is 35.3 Å². The van der Waals surface area contributed by atoms with Gasteiger partial charge in [-0.15, -0.1) is 0 Å². The zero-order chi connectivity index (χ0) is 22.8. The number of carbonyl (C=O) groups is 1. The van der Waals surface area contributed by atoms with Crippen LogP contribution in [0.4, 0.5) is 5.69 Å². The van der Waals surface area contributed by atoms with Crippen molar-refractivity contribution in [1.82, 2.24) is 24.3 Å². The number of pyridine rings is 1. The predicted octanol–water partition coefficient (Wildman–Crippen LogP) is 2.30. The SMILES string of the molecule is Cn1c(=O)c2cc(NC(=O)CCCc3nc(-c4ccc(Cl)cc4)no3)cnc2n(C)c1=O. The molecule has 0 aliphatic carbocycles. The number of hydrogen-bond acceptors (Lipinski definition) is 7. The first-order chi connectivity index (χ1) is 15.3. The largest absolute Gasteiger partial charge is 0.339 e. The van der Waals surface area contributed by atoms with Crippen molar-refractivity contribution < 1.29 is 9.32 Å². The molecule has 32 heavy (non-hydrogen) atoms. The molecule has 1 N–H and O–H groups in total. The number of hydrogen-bond donors (Lipinski definition) is 1. The van der Waals surface area contributed by atoms with Crippen molar-refractivity contribution >= 4 is 34.2 Å². The number of benzene rings is 1. The first-order valence-corrected chi connectivity index (χ1v) is 10.2. The molecule has 4 rings (SSSR count). The van der Waals surface area contributed by atoms with E-state index in [1.807, 2.05) is 0 Å². The van der Waals surface area contributed by atoms with Gasteiger partial charge in [-0.3, -0.25) is 18.7 Å². The summed E-state index contributed by atoms with van der Waals surface area (Å²) in [5.41, 5.74) is 0.478. The van der Waals surface area contributed by atoms with E-state index in [9.17, 15) is 14.4 Å². The zero-order valence-corrected chi connectivity index (χ0v) is 18.1. The van der Waals surface area contributed by atoms with Gasteiger partial charge in [-0.1, -0.05) is 16.8 Å². The van der Waals surface area contributed by atoms with Gasteiger partial charge in [-0.05, 0) is 36.8 Å². The van der Waals surface area contributed by atoms with Crippen LogP contribution in [0.1, 0.15) is 18.7 Å². The van der Waals surface area contributed by atoms with E-state index in [4.69, 9.17) is 16.1 Å². The minimum Gasteiger partial charge on any atom is -0.339 e. The number of rotatable bonds is 6. The third-order valence-electron chi connectivity index (χ3n) is 4.94. The van der Waals surface area contributed by atoms with E-state index in [0.717, 1.165) is 10.1 Å². The molecule has 0 radical (unpaired) electrons. The molecular weight excluding hydrogens is 436 g/mol. The molecule has 1 amide bonds. The van der Waals surface area contributed by atoms with Crippen molar-refractivity contribution in [3.8, 4) is 11.4 Å². The molecule has 11 heteroatoms. The van der Waals surface area contributed by atoms with Crippen LogP contribution in [0.3, 0.4) is 0 Å². The number of amides is 1. The van der Waals surface area contributed by atoms with Crippen LogP contribution in [-0.4, -0.2) is 30.2 Å². The smallest absolute Gasteiger partial charge is 0.332 e. The first kappa shape index (κ1) is 21.4. The molecule has 0 aliphatic heterocycles. The number of anilines is 1. The maximum Gasteiger partial charge on any atom is 0.332 e. The van der Waals surface area contributed by atoms with E-state index in [1.54, 1.807) is 24.3 Å². The van der Waals surface area contributed by atoms with Crippen LogP contribution in [0.5, 0.6) is 0 Å². The fourth-order valence-electron chi connectivity index (χ4n) is 3.23. The highest BCUT2D eigenvalue weighted by Crippen LogP contribution is 2.19. The van der Waals surface area contributed by atoms with E-state index in [-0.39, 0.29) is 23.4 Å². The molecule has 0 aliphatic rings. The van der Waals surface area contributed by atoms with Crippen LogP contribution < -0.4 is 16.6 Å². The number of nitrogens with zero attached hydrogens (tertiary/aromatic N) is 5. The Hall–Kier alpha value is -3.79. The van der Waals surface area contributed by atoms with E-state index >= 15 is 0 Å². The van der Waals surface area contributed by atoms with E-state index in [2.05, 4.69) is 20.4 Å². The van der Waals surface area contributed by atoms with Gasteiger partial charge in [0.05, 0.1) is 17.3 Å². The highest BCUT2D eigenvalue weighted by atomic mass is 35.5. The molecule has 3 heterocycles. The molecular formula is C21H19ClN6O4. The fraction of sp³-hybridized carbons (Fsp3) is 0.238. The number of halogens is 1. The summed E-state index contributed by atoms with van der Waals surface area (Å²) < 4.78 is 7.52. The van der Waals surface area contributed by atoms with Gasteiger partial charge in [0, 0.05) is 37.5 Å². The highest BCUT2D eigenvalue weighted by Gasteiger charge is 2.13. The molecule has 0 bridgehead atoms. The van der Waals surface area contributed by atoms with Crippen molar-refractivity contribution in [2.24, 2.45) is 14.1 Å². The lowest BCUT2D eigenvalue weighted by molar-refractivity contribution is -0.116. The maximum absolute atomic E-state index is 12.4. The number of nitrogens with one attached hydrogen (secondary N) is 1. The van der Waals surface area contributed by atoms with Crippen LogP contribution in [0.15, 0.2) is 50.6 Å². The molecule has 0 unspecified atom stereocenters. The minimum atomic E-state index is -0.473. The lowest BCUT2D eigenvalue weighted by Crippen LogP contribution is -2.37. The van der Waals surface area contributed by atoms with Gasteiger partial charge in [0.2, 0.25) is 17.6 Å². The molecule has 10 nitrogen and oxygen atoms in total. The Balaban J connectivity index is 1.37. The van der Waals surface area contributed by atoms with Gasteiger partial charge >= 0.3 is 5.69 Å². The van der Waals surface area contributed by atoms with Crippen LogP contribution in [-0.2, 0) is 25.3 Å². The average Bonchev–Trinajstić information content (AvgIpc) is 3.25. The summed E-state index contributed by atoms with van der Waals surface area (Å²) >= 11 is 5.88. The van der Waals surface area contributed by atoms with Crippen LogP contribution in [0.2, 0.25) is 5.02 Å². The van der Waals surface area contributed by atoms with Gasteiger partial charge in [0.15, 0.2) is 0 Å². The first-order valence-electron chi connectivity index (χ1n) is 9.77. The fourth-order valence-corrected chi connectivity index (χ4v) is 3.36. The van der Waals surface area contributed by atoms with Gasteiger partial charge in [-0.2, -0.15) is 4.98 Å². The topological polar surface area (TPSA) is 125 Å². The normalized spacial score (nSPS) is 11.1. The van der Waals surface area contributed by atoms with Crippen LogP contribution >= 0.6 is 11.6 Å². The third kappa shape index (κ3) is 4.30. The van der Waals surface area contributed by atoms with E-state index in [1.165, 1.54) is 30.9 Å². The van der Waals surface area contributed by atoms with Crippen LogP contribution in [0.25, 0.3) is 22.4 Å². The molecule has 0 saturated heterocycles. The minimum absolute atomic E-state index is 0.210. The number of aryl methyl sites for hydroxylation is 2. The van der Waals surface area contributed by atoms with E-state index < -0.39 is 11.2 Å². The highest BCUT2D eigenvalue weighted by molar-refractivity contribution is 6.30. The number of carbonyl (C=O) groups excluding carboxylic acids is 1. The summed E-state index contributed by atoms with van der Waals surface area (Å²) in [5, 5.41) is 7.53. The average molecular weight is 455 g/mol. The quantitative estimate of drug-likeness (QED) is 0.473. The van der Waals surface area contributed by atoms with Crippen molar-refractivity contribution in [3.05, 3.63) is 68.3 Å². The van der Waals surface area contributed by atoms with Crippen LogP contribution in [0, 0.1) is 0 Å². The summed E-state index contributed by atoms with van der Waals surface area (Å²) in [6, 6.07) is 8.60. The second kappa shape index (κ2) is 8.75. The Labute approximate surface area is 186 Å². The summed E-state index contributed by atoms with van der Waals surface area (Å²) in [6.07, 6.45) is 2.55. The Kier molecular flexibility index (Phi) is 5.87. The van der Waals surface area contributed by atoms with Crippen molar-refractivity contribution in [2.45, 2.75) is 19.3 Å². The lowest BCUT2D eigenvalue weighted by Gasteiger charge is -2.09. The summed E-state index contributed by atoms with van der Waals surface area (Å²) in [5.74, 6) is 0.643. The Morgan fingerprint density at radius 1 is 1.16 bits per heavy atom. The Bertz CT molecular complexity index is 1420. The molecule has 1 aromatic carbocycles. The Morgan fingerprint density at radius 3 is 2.66 bits per heavy atom. The maximum atomic E-state index is 12.4. The van der Waals surface area contributed by atoms with Gasteiger partial charge in [-0.25, -0.2) is 9.78 Å². The summed E-state index contributed by atoms with van der Waals surface area (Å²) in [6.45, 7) is 0. The number of fused-ring (bicyclic) bond motifs is 1. The van der Waals surface area contributed by atoms with Gasteiger partial charge < -0.3 is 9.84 Å². The molecule has 3 aromatic heterocycles. The molecule has 4 aromatic rings. The molecule has 0 saturated carbocycles. The molecule has 0 spiro atoms. The van der Waals surface area contributed by atoms with Gasteiger partial charge in [0.25, 0.3) is 5.56 Å². The van der Waals surface area contributed by atoms with Crippen molar-refractivity contribution in [3.63, 3.8) is 0 Å². The zero-order valence-electron chi connectivity index (χ0n) is 17.3. The molecule has 164 valence electrons. The van der Waals surface area contributed by atoms with Crippen molar-refractivity contribution in [2.75, 3.05) is 5.32 Å².